The molecule has 0 saturated heterocycles. The standard InChI is InChI=1S/ClH.La.2NO3.Na/c;;2*2-1(3)4;/h1H;;;;/q;+3;2*-1;+1. The van der Waals surface area contributed by atoms with Crippen molar-refractivity contribution in [3.05, 3.63) is 30.6 Å². The molecule has 0 aliphatic carbocycles. The second-order valence-electron chi connectivity index (χ2n) is 0.447. The molecule has 0 atom stereocenters. The van der Waals surface area contributed by atoms with E-state index in [9.17, 15) is 0 Å². The Labute approximate surface area is 117 Å². The van der Waals surface area contributed by atoms with Crippen molar-refractivity contribution in [2.24, 2.45) is 0 Å². The van der Waals surface area contributed by atoms with Crippen LogP contribution in [0, 0.1) is 66.2 Å². The van der Waals surface area contributed by atoms with Gasteiger partial charge < -0.3 is 30.6 Å². The second-order valence-corrected chi connectivity index (χ2v) is 0.447. The van der Waals surface area contributed by atoms with E-state index in [1.165, 1.54) is 0 Å². The van der Waals surface area contributed by atoms with Crippen LogP contribution in [0.3, 0.4) is 0 Å². The van der Waals surface area contributed by atoms with E-state index >= 15 is 0 Å². The third kappa shape index (κ3) is 1100. The monoisotopic (exact) mass is 322 g/mol. The van der Waals surface area contributed by atoms with Gasteiger partial charge in [-0.05, 0) is 0 Å². The summed E-state index contributed by atoms with van der Waals surface area (Å²) in [4.78, 5) is 16.5. The van der Waals surface area contributed by atoms with Gasteiger partial charge >= 0.3 is 65.2 Å². The SMILES string of the molecule is Cl.O=[N+]([O-])[O-].O=[N+]([O-])[O-].[La+3].[Na+]. The van der Waals surface area contributed by atoms with Gasteiger partial charge in [0.05, 0.1) is 10.2 Å². The van der Waals surface area contributed by atoms with Crippen LogP contribution in [0.25, 0.3) is 0 Å². The van der Waals surface area contributed by atoms with E-state index in [1.54, 1.807) is 0 Å². The van der Waals surface area contributed by atoms with Gasteiger partial charge in [0, 0.05) is 0 Å². The van der Waals surface area contributed by atoms with Gasteiger partial charge in [0.25, 0.3) is 0 Å². The van der Waals surface area contributed by atoms with E-state index in [4.69, 9.17) is 30.6 Å². The van der Waals surface area contributed by atoms with Gasteiger partial charge in [-0.3, -0.25) is 0 Å². The van der Waals surface area contributed by atoms with Crippen molar-refractivity contribution >= 4 is 12.4 Å². The fraction of sp³-hybridized carbons (Fsp3) is 0. The quantitative estimate of drug-likeness (QED) is 0.264. The van der Waals surface area contributed by atoms with Crippen molar-refractivity contribution < 1.29 is 75.3 Å². The van der Waals surface area contributed by atoms with Crippen LogP contribution in [0.2, 0.25) is 0 Å². The molecule has 0 rings (SSSR count). The van der Waals surface area contributed by atoms with Crippen LogP contribution in [-0.2, 0) is 0 Å². The molecule has 0 bridgehead atoms. The maximum absolute atomic E-state index is 8.25. The summed E-state index contributed by atoms with van der Waals surface area (Å²) >= 11 is 0. The van der Waals surface area contributed by atoms with Crippen molar-refractivity contribution in [1.29, 1.82) is 0 Å². The maximum atomic E-state index is 8.25. The van der Waals surface area contributed by atoms with Crippen molar-refractivity contribution in [2.75, 3.05) is 0 Å². The Kier molecular flexibility index (Phi) is 60.6. The summed E-state index contributed by atoms with van der Waals surface area (Å²) in [5.74, 6) is 0. The second kappa shape index (κ2) is 22.4. The first-order valence-electron chi connectivity index (χ1n) is 1.10. The van der Waals surface area contributed by atoms with Crippen LogP contribution in [-0.4, -0.2) is 10.2 Å². The van der Waals surface area contributed by atoms with E-state index in [-0.39, 0.29) is 77.6 Å². The molecular formula is HClLaN2NaO6+2. The number of hydrogen-bond acceptors (Lipinski definition) is 6. The Morgan fingerprint density at radius 3 is 0.818 bits per heavy atom. The zero-order valence-electron chi connectivity index (χ0n) is 5.33. The summed E-state index contributed by atoms with van der Waals surface area (Å²) in [7, 11) is 0. The molecular weight excluding hydrogens is 321 g/mol. The first-order chi connectivity index (χ1) is 3.46. The Morgan fingerprint density at radius 2 is 0.818 bits per heavy atom. The smallest absolute Gasteiger partial charge is 0.356 e. The Balaban J connectivity index is -0.0000000171. The minimum atomic E-state index is -1.75. The average Bonchev–Trinajstić information content (AvgIpc) is 1.25. The van der Waals surface area contributed by atoms with Gasteiger partial charge in [-0.2, -0.15) is 0 Å². The van der Waals surface area contributed by atoms with E-state index in [0.717, 1.165) is 0 Å². The molecule has 0 aliphatic heterocycles. The molecule has 0 radical (unpaired) electrons. The van der Waals surface area contributed by atoms with Gasteiger partial charge in [-0.25, -0.2) is 0 Å². The third-order valence-corrected chi connectivity index (χ3v) is 0. The van der Waals surface area contributed by atoms with Crippen LogP contribution in [0.4, 0.5) is 0 Å². The van der Waals surface area contributed by atoms with Crippen LogP contribution in [0.1, 0.15) is 0 Å². The molecule has 0 aromatic heterocycles. The van der Waals surface area contributed by atoms with Crippen LogP contribution in [0.15, 0.2) is 0 Å². The maximum Gasteiger partial charge on any atom is 3.00 e. The van der Waals surface area contributed by atoms with Gasteiger partial charge in [0.1, 0.15) is 0 Å². The van der Waals surface area contributed by atoms with Crippen molar-refractivity contribution in [1.82, 2.24) is 0 Å². The van der Waals surface area contributed by atoms with E-state index < -0.39 is 10.2 Å². The van der Waals surface area contributed by atoms with E-state index in [0.29, 0.717) is 0 Å². The normalized spacial score (nSPS) is 4.36. The Hall–Kier alpha value is 0.885. The number of nitrogens with zero attached hydrogens (tertiary/aromatic N) is 2. The first-order valence-corrected chi connectivity index (χ1v) is 1.10. The number of halogens is 1. The number of hydrogen-bond donors (Lipinski definition) is 0. The third-order valence-electron chi connectivity index (χ3n) is 0. The molecule has 56 valence electrons. The predicted octanol–water partition coefficient (Wildman–Crippen LogP) is -3.05. The van der Waals surface area contributed by atoms with Gasteiger partial charge in [0.2, 0.25) is 0 Å². The Bertz CT molecular complexity index is 78.6. The molecule has 0 aromatic carbocycles. The van der Waals surface area contributed by atoms with Crippen molar-refractivity contribution in [2.45, 2.75) is 0 Å². The topological polar surface area (TPSA) is 132 Å². The summed E-state index contributed by atoms with van der Waals surface area (Å²) in [6.45, 7) is 0. The summed E-state index contributed by atoms with van der Waals surface area (Å²) < 4.78 is 0. The number of rotatable bonds is 0. The minimum Gasteiger partial charge on any atom is -0.356 e. The van der Waals surface area contributed by atoms with Crippen molar-refractivity contribution in [3.8, 4) is 0 Å². The molecule has 0 spiro atoms. The summed E-state index contributed by atoms with van der Waals surface area (Å²) in [6, 6.07) is 0. The molecule has 0 aromatic rings. The van der Waals surface area contributed by atoms with Gasteiger partial charge in [-0.1, -0.05) is 0 Å². The molecule has 8 nitrogen and oxygen atoms in total. The summed E-state index contributed by atoms with van der Waals surface area (Å²) in [5, 5.41) is 29.5. The zero-order valence-corrected chi connectivity index (χ0v) is 11.8. The molecule has 0 aliphatic rings. The fourth-order valence-corrected chi connectivity index (χ4v) is 0. The molecule has 0 amide bonds. The molecule has 11 heteroatoms. The van der Waals surface area contributed by atoms with Gasteiger partial charge in [-0.15, -0.1) is 12.4 Å². The van der Waals surface area contributed by atoms with Gasteiger partial charge in [0.15, 0.2) is 0 Å². The van der Waals surface area contributed by atoms with Crippen molar-refractivity contribution in [3.63, 3.8) is 0 Å². The fourth-order valence-electron chi connectivity index (χ4n) is 0. The minimum absolute atomic E-state index is 0. The molecule has 11 heavy (non-hydrogen) atoms. The van der Waals surface area contributed by atoms with E-state index in [1.807, 2.05) is 0 Å². The zero-order chi connectivity index (χ0) is 7.15. The molecule has 0 unspecified atom stereocenters. The average molecular weight is 322 g/mol. The first kappa shape index (κ1) is 29.7. The summed E-state index contributed by atoms with van der Waals surface area (Å²) in [6.07, 6.45) is 0. The summed E-state index contributed by atoms with van der Waals surface area (Å²) in [5.41, 5.74) is 0. The molecule has 0 N–H and O–H groups in total. The van der Waals surface area contributed by atoms with E-state index in [2.05, 4.69) is 0 Å². The largest absolute Gasteiger partial charge is 3.00 e. The Morgan fingerprint density at radius 1 is 0.818 bits per heavy atom. The van der Waals surface area contributed by atoms with Crippen LogP contribution < -0.4 is 29.6 Å². The molecule has 0 fully saturated rings. The molecule has 0 heterocycles. The molecule has 0 saturated carbocycles. The predicted molar refractivity (Wildman–Crippen MR) is 28.0 cm³/mol. The van der Waals surface area contributed by atoms with Crippen LogP contribution >= 0.6 is 12.4 Å². The van der Waals surface area contributed by atoms with Crippen LogP contribution in [0.5, 0.6) is 0 Å².